The Bertz CT molecular complexity index is 684. The van der Waals surface area contributed by atoms with Gasteiger partial charge in [0.25, 0.3) is 5.91 Å². The molecule has 0 spiro atoms. The van der Waals surface area contributed by atoms with Crippen LogP contribution in [0.1, 0.15) is 45.1 Å². The van der Waals surface area contributed by atoms with Crippen molar-refractivity contribution in [3.8, 4) is 0 Å². The molecule has 0 unspecified atom stereocenters. The summed E-state index contributed by atoms with van der Waals surface area (Å²) in [7, 11) is 0. The Morgan fingerprint density at radius 3 is 2.62 bits per heavy atom. The van der Waals surface area contributed by atoms with Crippen molar-refractivity contribution in [3.05, 3.63) is 47.2 Å². The molecule has 1 amide bonds. The van der Waals surface area contributed by atoms with Gasteiger partial charge in [0.05, 0.1) is 17.9 Å². The average molecular weight is 325 g/mol. The van der Waals surface area contributed by atoms with Crippen LogP contribution in [-0.4, -0.2) is 30.6 Å². The fourth-order valence-corrected chi connectivity index (χ4v) is 3.37. The van der Waals surface area contributed by atoms with Gasteiger partial charge in [-0.2, -0.15) is 0 Å². The minimum Gasteiger partial charge on any atom is -0.399 e. The number of carbonyl (C=O) groups excluding carboxylic acids is 1. The van der Waals surface area contributed by atoms with Gasteiger partial charge in [0, 0.05) is 11.3 Å². The van der Waals surface area contributed by atoms with Crippen molar-refractivity contribution < 1.29 is 4.79 Å². The molecule has 0 atom stereocenters. The first kappa shape index (κ1) is 16.8. The molecule has 1 saturated heterocycles. The number of nitrogens with zero attached hydrogens (tertiary/aromatic N) is 2. The third-order valence-corrected chi connectivity index (χ3v) is 5.07. The second-order valence-corrected chi connectivity index (χ2v) is 6.72. The van der Waals surface area contributed by atoms with Crippen LogP contribution in [0.3, 0.4) is 0 Å². The fourth-order valence-electron chi connectivity index (χ4n) is 3.37. The van der Waals surface area contributed by atoms with E-state index >= 15 is 0 Å². The molecular weight excluding hydrogens is 298 g/mol. The molecule has 2 aliphatic rings. The third-order valence-electron chi connectivity index (χ3n) is 5.07. The van der Waals surface area contributed by atoms with Gasteiger partial charge in [-0.3, -0.25) is 14.6 Å². The Morgan fingerprint density at radius 1 is 1.21 bits per heavy atom. The van der Waals surface area contributed by atoms with Gasteiger partial charge in [0.15, 0.2) is 0 Å². The normalized spacial score (nSPS) is 21.2. The molecule has 0 aliphatic carbocycles. The van der Waals surface area contributed by atoms with E-state index in [-0.39, 0.29) is 5.91 Å². The molecule has 1 aromatic rings. The summed E-state index contributed by atoms with van der Waals surface area (Å²) in [6, 6.07) is 8.03. The zero-order valence-corrected chi connectivity index (χ0v) is 14.7. The second kappa shape index (κ2) is 7.22. The summed E-state index contributed by atoms with van der Waals surface area (Å²) in [6.07, 6.45) is 6.48. The van der Waals surface area contributed by atoms with E-state index in [2.05, 4.69) is 11.8 Å². The Labute approximate surface area is 144 Å². The molecule has 0 bridgehead atoms. The van der Waals surface area contributed by atoms with E-state index in [1.165, 1.54) is 19.3 Å². The molecule has 2 N–H and O–H groups in total. The molecular formula is C20H27N3O. The van der Waals surface area contributed by atoms with Crippen LogP contribution >= 0.6 is 0 Å². The van der Waals surface area contributed by atoms with Gasteiger partial charge < -0.3 is 5.73 Å². The summed E-state index contributed by atoms with van der Waals surface area (Å²) in [5.74, 6) is 0.0635. The summed E-state index contributed by atoms with van der Waals surface area (Å²) in [6.45, 7) is 6.91. The number of amides is 1. The lowest BCUT2D eigenvalue weighted by molar-refractivity contribution is -0.113. The maximum absolute atomic E-state index is 13.0. The standard InChI is InChI=1S/C20H27N3O/c1-3-15(2)18(21)13-17-16-9-5-6-10-19(16)23(20(17)24)14-22-11-7-4-8-12-22/h5-6,9-10,13H,3-4,7-8,11-12,14,21H2,1-2H3/b17-13-,18-15-. The number of hydrogen-bond acceptors (Lipinski definition) is 3. The Morgan fingerprint density at radius 2 is 1.92 bits per heavy atom. The van der Waals surface area contributed by atoms with Gasteiger partial charge in [0.1, 0.15) is 0 Å². The van der Waals surface area contributed by atoms with Gasteiger partial charge in [0.2, 0.25) is 0 Å². The highest BCUT2D eigenvalue weighted by Gasteiger charge is 2.33. The van der Waals surface area contributed by atoms with E-state index in [9.17, 15) is 4.79 Å². The molecule has 4 nitrogen and oxygen atoms in total. The van der Waals surface area contributed by atoms with Crippen LogP contribution < -0.4 is 10.6 Å². The van der Waals surface area contributed by atoms with Crippen molar-refractivity contribution in [1.82, 2.24) is 4.90 Å². The van der Waals surface area contributed by atoms with E-state index in [4.69, 9.17) is 5.73 Å². The van der Waals surface area contributed by atoms with Crippen LogP contribution in [0, 0.1) is 0 Å². The van der Waals surface area contributed by atoms with E-state index in [0.717, 1.165) is 36.3 Å². The van der Waals surface area contributed by atoms with E-state index in [1.54, 1.807) is 0 Å². The van der Waals surface area contributed by atoms with Crippen molar-refractivity contribution in [2.45, 2.75) is 39.5 Å². The number of allylic oxidation sites excluding steroid dienone is 2. The largest absolute Gasteiger partial charge is 0.399 e. The number of rotatable bonds is 4. The third kappa shape index (κ3) is 3.24. The minimum atomic E-state index is 0.0635. The number of benzene rings is 1. The minimum absolute atomic E-state index is 0.0635. The first-order valence-corrected chi connectivity index (χ1v) is 8.92. The SMILES string of the molecule is CC/C(C)=C(N)/C=C1\C(=O)N(CN2CCCCC2)c2ccccc21. The van der Waals surface area contributed by atoms with Crippen molar-refractivity contribution >= 4 is 17.2 Å². The summed E-state index contributed by atoms with van der Waals surface area (Å²) in [5.41, 5.74) is 10.7. The number of fused-ring (bicyclic) bond motifs is 1. The number of likely N-dealkylation sites (tertiary alicyclic amines) is 1. The molecule has 3 rings (SSSR count). The molecule has 1 fully saturated rings. The van der Waals surface area contributed by atoms with Gasteiger partial charge in [-0.25, -0.2) is 0 Å². The van der Waals surface area contributed by atoms with Crippen LogP contribution in [0.2, 0.25) is 0 Å². The zero-order chi connectivity index (χ0) is 17.1. The van der Waals surface area contributed by atoms with Crippen LogP contribution in [0.25, 0.3) is 5.57 Å². The number of piperidine rings is 1. The van der Waals surface area contributed by atoms with E-state index in [1.807, 2.05) is 42.2 Å². The zero-order valence-electron chi connectivity index (χ0n) is 14.7. The van der Waals surface area contributed by atoms with E-state index in [0.29, 0.717) is 17.9 Å². The molecule has 0 radical (unpaired) electrons. The topological polar surface area (TPSA) is 49.6 Å². The Balaban J connectivity index is 1.93. The van der Waals surface area contributed by atoms with Crippen molar-refractivity contribution in [3.63, 3.8) is 0 Å². The second-order valence-electron chi connectivity index (χ2n) is 6.72. The van der Waals surface area contributed by atoms with Gasteiger partial charge >= 0.3 is 0 Å². The average Bonchev–Trinajstić information content (AvgIpc) is 2.88. The molecule has 1 aromatic carbocycles. The Kier molecular flexibility index (Phi) is 5.05. The smallest absolute Gasteiger partial charge is 0.260 e. The first-order valence-electron chi connectivity index (χ1n) is 8.92. The number of nitrogens with two attached hydrogens (primary N) is 1. The fraction of sp³-hybridized carbons (Fsp3) is 0.450. The summed E-state index contributed by atoms with van der Waals surface area (Å²) in [5, 5.41) is 0. The molecule has 0 aromatic heterocycles. The lowest BCUT2D eigenvalue weighted by atomic mass is 10.0. The lowest BCUT2D eigenvalue weighted by Crippen LogP contribution is -2.42. The maximum atomic E-state index is 13.0. The van der Waals surface area contributed by atoms with Gasteiger partial charge in [-0.1, -0.05) is 37.1 Å². The highest BCUT2D eigenvalue weighted by Crippen LogP contribution is 2.37. The number of anilines is 1. The first-order chi connectivity index (χ1) is 11.6. The van der Waals surface area contributed by atoms with Crippen molar-refractivity contribution in [2.75, 3.05) is 24.7 Å². The van der Waals surface area contributed by atoms with Gasteiger partial charge in [-0.15, -0.1) is 0 Å². The van der Waals surface area contributed by atoms with Crippen LogP contribution in [-0.2, 0) is 4.79 Å². The maximum Gasteiger partial charge on any atom is 0.260 e. The Hall–Kier alpha value is -2.07. The summed E-state index contributed by atoms with van der Waals surface area (Å²) < 4.78 is 0. The van der Waals surface area contributed by atoms with Gasteiger partial charge in [-0.05, 0) is 51.4 Å². The van der Waals surface area contributed by atoms with Crippen molar-refractivity contribution in [2.24, 2.45) is 5.73 Å². The number of hydrogen-bond donors (Lipinski definition) is 1. The number of carbonyl (C=O) groups is 1. The molecule has 0 saturated carbocycles. The number of para-hydroxylation sites is 1. The highest BCUT2D eigenvalue weighted by atomic mass is 16.2. The molecule has 4 heteroatoms. The summed E-state index contributed by atoms with van der Waals surface area (Å²) >= 11 is 0. The monoisotopic (exact) mass is 325 g/mol. The van der Waals surface area contributed by atoms with Crippen molar-refractivity contribution in [1.29, 1.82) is 0 Å². The van der Waals surface area contributed by atoms with Crippen LogP contribution in [0.5, 0.6) is 0 Å². The van der Waals surface area contributed by atoms with Crippen LogP contribution in [0.4, 0.5) is 5.69 Å². The summed E-state index contributed by atoms with van der Waals surface area (Å²) in [4.78, 5) is 17.3. The molecule has 2 aliphatic heterocycles. The molecule has 24 heavy (non-hydrogen) atoms. The van der Waals surface area contributed by atoms with Crippen LogP contribution in [0.15, 0.2) is 41.6 Å². The predicted octanol–water partition coefficient (Wildman–Crippen LogP) is 3.50. The predicted molar refractivity (Wildman–Crippen MR) is 99.4 cm³/mol. The molecule has 128 valence electrons. The highest BCUT2D eigenvalue weighted by molar-refractivity contribution is 6.32. The molecule has 2 heterocycles. The lowest BCUT2D eigenvalue weighted by Gasteiger charge is -2.30. The van der Waals surface area contributed by atoms with E-state index < -0.39 is 0 Å². The quantitative estimate of drug-likeness (QED) is 0.862.